The van der Waals surface area contributed by atoms with E-state index in [0.717, 1.165) is 32.6 Å². The lowest BCUT2D eigenvalue weighted by atomic mass is 9.65. The molecule has 2 rings (SSSR count). The summed E-state index contributed by atoms with van der Waals surface area (Å²) in [6.45, 7) is 5.59. The molecule has 2 fully saturated rings. The first-order valence-corrected chi connectivity index (χ1v) is 6.00. The number of halogens is 3. The molecule has 0 unspecified atom stereocenters. The Morgan fingerprint density at radius 2 is 1.81 bits per heavy atom. The van der Waals surface area contributed by atoms with Crippen molar-refractivity contribution in [2.75, 3.05) is 26.2 Å². The van der Waals surface area contributed by atoms with Gasteiger partial charge in [-0.25, -0.2) is 0 Å². The highest BCUT2D eigenvalue weighted by atomic mass is 19.4. The summed E-state index contributed by atoms with van der Waals surface area (Å²) in [5, 5.41) is 3.24. The Morgan fingerprint density at radius 1 is 1.25 bits per heavy atom. The van der Waals surface area contributed by atoms with E-state index in [0.29, 0.717) is 12.8 Å². The molecular weight excluding hydrogens is 217 g/mol. The summed E-state index contributed by atoms with van der Waals surface area (Å²) >= 11 is 0. The van der Waals surface area contributed by atoms with Crippen molar-refractivity contribution in [2.24, 2.45) is 5.92 Å². The first-order valence-electron chi connectivity index (χ1n) is 6.00. The first-order chi connectivity index (χ1) is 7.48. The monoisotopic (exact) mass is 236 g/mol. The molecule has 1 aliphatic carbocycles. The summed E-state index contributed by atoms with van der Waals surface area (Å²) in [7, 11) is 0. The third kappa shape index (κ3) is 2.07. The molecule has 0 spiro atoms. The van der Waals surface area contributed by atoms with Crippen LogP contribution in [0.15, 0.2) is 0 Å². The van der Waals surface area contributed by atoms with Crippen molar-refractivity contribution in [2.45, 2.75) is 37.9 Å². The molecule has 0 aromatic carbocycles. The van der Waals surface area contributed by atoms with Gasteiger partial charge in [0, 0.05) is 31.7 Å². The molecule has 0 atom stereocenters. The Kier molecular flexibility index (Phi) is 3.18. The Morgan fingerprint density at radius 3 is 2.25 bits per heavy atom. The molecule has 1 heterocycles. The van der Waals surface area contributed by atoms with Crippen LogP contribution in [-0.2, 0) is 0 Å². The Balaban J connectivity index is 1.96. The second-order valence-corrected chi connectivity index (χ2v) is 4.96. The van der Waals surface area contributed by atoms with Crippen LogP contribution in [-0.4, -0.2) is 42.8 Å². The van der Waals surface area contributed by atoms with Gasteiger partial charge in [-0.15, -0.1) is 0 Å². The van der Waals surface area contributed by atoms with Gasteiger partial charge in [0.1, 0.15) is 0 Å². The van der Waals surface area contributed by atoms with Crippen molar-refractivity contribution in [3.63, 3.8) is 0 Å². The molecule has 1 N–H and O–H groups in total. The van der Waals surface area contributed by atoms with Crippen molar-refractivity contribution in [1.82, 2.24) is 10.2 Å². The fourth-order valence-corrected chi connectivity index (χ4v) is 3.00. The lowest BCUT2D eigenvalue weighted by Crippen LogP contribution is -2.63. The van der Waals surface area contributed by atoms with Crippen LogP contribution in [0.2, 0.25) is 0 Å². The largest absolute Gasteiger partial charge is 0.391 e. The second-order valence-electron chi connectivity index (χ2n) is 4.96. The quantitative estimate of drug-likeness (QED) is 0.789. The van der Waals surface area contributed by atoms with Crippen LogP contribution >= 0.6 is 0 Å². The van der Waals surface area contributed by atoms with Gasteiger partial charge < -0.3 is 5.32 Å². The van der Waals surface area contributed by atoms with Crippen molar-refractivity contribution >= 4 is 0 Å². The molecule has 94 valence electrons. The minimum absolute atomic E-state index is 0.164. The van der Waals surface area contributed by atoms with Gasteiger partial charge in [0.05, 0.1) is 5.92 Å². The average Bonchev–Trinajstić information content (AvgIpc) is 2.16. The van der Waals surface area contributed by atoms with Crippen LogP contribution in [0.25, 0.3) is 0 Å². The topological polar surface area (TPSA) is 15.3 Å². The van der Waals surface area contributed by atoms with E-state index in [2.05, 4.69) is 10.2 Å². The van der Waals surface area contributed by atoms with Crippen LogP contribution in [0.1, 0.15) is 26.2 Å². The normalized spacial score (nSPS) is 37.1. The smallest absolute Gasteiger partial charge is 0.314 e. The first kappa shape index (κ1) is 12.2. The van der Waals surface area contributed by atoms with E-state index in [1.807, 2.05) is 6.92 Å². The van der Waals surface area contributed by atoms with Crippen LogP contribution in [0.5, 0.6) is 0 Å². The minimum Gasteiger partial charge on any atom is -0.314 e. The highest BCUT2D eigenvalue weighted by molar-refractivity contribution is 5.04. The molecule has 16 heavy (non-hydrogen) atoms. The number of rotatable bonds is 2. The van der Waals surface area contributed by atoms with Gasteiger partial charge in [-0.05, 0) is 19.3 Å². The number of nitrogens with one attached hydrogen (secondary N) is 1. The Labute approximate surface area is 94.2 Å². The molecule has 0 amide bonds. The van der Waals surface area contributed by atoms with E-state index in [1.54, 1.807) is 0 Å². The summed E-state index contributed by atoms with van der Waals surface area (Å²) in [6.07, 6.45) is -2.56. The summed E-state index contributed by atoms with van der Waals surface area (Å²) in [6, 6.07) is 0. The van der Waals surface area contributed by atoms with E-state index in [9.17, 15) is 13.2 Å². The van der Waals surface area contributed by atoms with Crippen molar-refractivity contribution in [3.05, 3.63) is 0 Å². The predicted octanol–water partition coefficient (Wildman–Crippen LogP) is 2.01. The molecule has 1 saturated heterocycles. The number of nitrogens with zero attached hydrogens (tertiary/aromatic N) is 1. The fraction of sp³-hybridized carbons (Fsp3) is 1.00. The van der Waals surface area contributed by atoms with E-state index >= 15 is 0 Å². The summed E-state index contributed by atoms with van der Waals surface area (Å²) in [5.74, 6) is -1.07. The van der Waals surface area contributed by atoms with E-state index < -0.39 is 12.1 Å². The Bertz CT molecular complexity index is 240. The zero-order chi connectivity index (χ0) is 11.8. The van der Waals surface area contributed by atoms with Gasteiger partial charge in [0.15, 0.2) is 0 Å². The Hall–Kier alpha value is -0.290. The minimum atomic E-state index is -3.99. The molecule has 0 radical (unpaired) electrons. The maximum Gasteiger partial charge on any atom is 0.391 e. The molecule has 1 saturated carbocycles. The lowest BCUT2D eigenvalue weighted by molar-refractivity contribution is -0.226. The molecule has 5 heteroatoms. The predicted molar refractivity (Wildman–Crippen MR) is 56.2 cm³/mol. The van der Waals surface area contributed by atoms with Crippen molar-refractivity contribution in [3.8, 4) is 0 Å². The third-order valence-electron chi connectivity index (χ3n) is 4.16. The maximum atomic E-state index is 12.5. The molecule has 2 aliphatic rings. The summed E-state index contributed by atoms with van der Waals surface area (Å²) in [5.41, 5.74) is -0.164. The SMILES string of the molecule is CCC1(N2CCNCC2)CC(C(F)(F)F)C1. The number of hydrogen-bond acceptors (Lipinski definition) is 2. The molecule has 0 aromatic rings. The van der Waals surface area contributed by atoms with Crippen LogP contribution < -0.4 is 5.32 Å². The van der Waals surface area contributed by atoms with Crippen LogP contribution in [0.3, 0.4) is 0 Å². The van der Waals surface area contributed by atoms with Crippen LogP contribution in [0, 0.1) is 5.92 Å². The maximum absolute atomic E-state index is 12.5. The average molecular weight is 236 g/mol. The number of hydrogen-bond donors (Lipinski definition) is 1. The molecule has 0 bridgehead atoms. The molecule has 1 aliphatic heterocycles. The zero-order valence-electron chi connectivity index (χ0n) is 9.61. The van der Waals surface area contributed by atoms with E-state index in [4.69, 9.17) is 0 Å². The van der Waals surface area contributed by atoms with Gasteiger partial charge in [-0.3, -0.25) is 4.90 Å². The molecule has 2 nitrogen and oxygen atoms in total. The van der Waals surface area contributed by atoms with Crippen molar-refractivity contribution in [1.29, 1.82) is 0 Å². The zero-order valence-corrected chi connectivity index (χ0v) is 9.61. The number of alkyl halides is 3. The van der Waals surface area contributed by atoms with Crippen molar-refractivity contribution < 1.29 is 13.2 Å². The highest BCUT2D eigenvalue weighted by Crippen LogP contribution is 2.51. The van der Waals surface area contributed by atoms with Gasteiger partial charge in [0.2, 0.25) is 0 Å². The standard InChI is InChI=1S/C11H19F3N2/c1-2-10(16-5-3-15-4-6-16)7-9(8-10)11(12,13)14/h9,15H,2-8H2,1H3. The van der Waals surface area contributed by atoms with Gasteiger partial charge >= 0.3 is 6.18 Å². The fourth-order valence-electron chi connectivity index (χ4n) is 3.00. The van der Waals surface area contributed by atoms with Gasteiger partial charge in [-0.2, -0.15) is 13.2 Å². The van der Waals surface area contributed by atoms with Gasteiger partial charge in [-0.1, -0.05) is 6.92 Å². The van der Waals surface area contributed by atoms with Gasteiger partial charge in [0.25, 0.3) is 0 Å². The van der Waals surface area contributed by atoms with E-state index in [1.165, 1.54) is 0 Å². The molecule has 0 aromatic heterocycles. The summed E-state index contributed by atoms with van der Waals surface area (Å²) in [4.78, 5) is 2.26. The number of piperazine rings is 1. The van der Waals surface area contributed by atoms with E-state index in [-0.39, 0.29) is 5.54 Å². The molecular formula is C11H19F3N2. The summed E-state index contributed by atoms with van der Waals surface area (Å²) < 4.78 is 37.6. The second kappa shape index (κ2) is 4.18. The lowest BCUT2D eigenvalue weighted by Gasteiger charge is -2.55. The van der Waals surface area contributed by atoms with Crippen LogP contribution in [0.4, 0.5) is 13.2 Å². The highest BCUT2D eigenvalue weighted by Gasteiger charge is 2.56. The third-order valence-corrected chi connectivity index (χ3v) is 4.16.